The highest BCUT2D eigenvalue weighted by atomic mass is 35.5. The van der Waals surface area contributed by atoms with Gasteiger partial charge in [0.05, 0.1) is 16.5 Å². The number of benzene rings is 1. The van der Waals surface area contributed by atoms with E-state index in [4.69, 9.17) is 23.1 Å². The molecule has 1 aliphatic rings. The minimum Gasteiger partial charge on any atom is -0.366 e. The van der Waals surface area contributed by atoms with Crippen LogP contribution >= 0.6 is 11.6 Å². The zero-order valence-corrected chi connectivity index (χ0v) is 11.8. The Morgan fingerprint density at radius 1 is 1.25 bits per heavy atom. The van der Waals surface area contributed by atoms with E-state index < -0.39 is 5.91 Å². The molecule has 20 heavy (non-hydrogen) atoms. The quantitative estimate of drug-likeness (QED) is 0.794. The number of carbonyl (C=O) groups is 2. The molecule has 0 spiro atoms. The van der Waals surface area contributed by atoms with E-state index in [-0.39, 0.29) is 28.5 Å². The molecular weight excluding hydrogens is 278 g/mol. The standard InChI is InChI=1S/C14H18ClN3O2/c15-11-7-8(5-6-9(11)13(17)19)18-14(20)10-3-1-2-4-12(10)16/h5-7,10,12H,1-4,16H2,(H2,17,19)(H,18,20). The lowest BCUT2D eigenvalue weighted by molar-refractivity contribution is -0.121. The van der Waals surface area contributed by atoms with Gasteiger partial charge in [-0.1, -0.05) is 24.4 Å². The maximum Gasteiger partial charge on any atom is 0.250 e. The molecule has 2 unspecified atom stereocenters. The van der Waals surface area contributed by atoms with Crippen LogP contribution < -0.4 is 16.8 Å². The Labute approximate surface area is 122 Å². The highest BCUT2D eigenvalue weighted by molar-refractivity contribution is 6.34. The number of anilines is 1. The number of nitrogens with two attached hydrogens (primary N) is 2. The lowest BCUT2D eigenvalue weighted by Crippen LogP contribution is -2.40. The summed E-state index contributed by atoms with van der Waals surface area (Å²) in [5.41, 5.74) is 11.9. The molecule has 108 valence electrons. The van der Waals surface area contributed by atoms with E-state index >= 15 is 0 Å². The SMILES string of the molecule is NC(=O)c1ccc(NC(=O)C2CCCCC2N)cc1Cl. The van der Waals surface area contributed by atoms with Crippen LogP contribution in [0.4, 0.5) is 5.69 Å². The molecule has 0 aliphatic heterocycles. The smallest absolute Gasteiger partial charge is 0.250 e. The number of hydrogen-bond donors (Lipinski definition) is 3. The summed E-state index contributed by atoms with van der Waals surface area (Å²) in [4.78, 5) is 23.3. The average molecular weight is 296 g/mol. The molecule has 0 radical (unpaired) electrons. The van der Waals surface area contributed by atoms with Crippen molar-refractivity contribution in [3.63, 3.8) is 0 Å². The second kappa shape index (κ2) is 6.24. The largest absolute Gasteiger partial charge is 0.366 e. The Bertz CT molecular complexity index is 533. The molecular formula is C14H18ClN3O2. The van der Waals surface area contributed by atoms with Crippen molar-refractivity contribution in [1.82, 2.24) is 0 Å². The van der Waals surface area contributed by atoms with Crippen molar-refractivity contribution in [3.8, 4) is 0 Å². The summed E-state index contributed by atoms with van der Waals surface area (Å²) in [6, 6.07) is 4.54. The minimum atomic E-state index is -0.595. The Morgan fingerprint density at radius 2 is 1.95 bits per heavy atom. The first kappa shape index (κ1) is 14.8. The molecule has 5 N–H and O–H groups in total. The molecule has 0 heterocycles. The number of hydrogen-bond acceptors (Lipinski definition) is 3. The summed E-state index contributed by atoms with van der Waals surface area (Å²) in [6.45, 7) is 0. The molecule has 2 amide bonds. The molecule has 1 aromatic carbocycles. The molecule has 2 rings (SSSR count). The van der Waals surface area contributed by atoms with Crippen molar-refractivity contribution in [3.05, 3.63) is 28.8 Å². The van der Waals surface area contributed by atoms with Gasteiger partial charge in [0.2, 0.25) is 11.8 Å². The van der Waals surface area contributed by atoms with Crippen LogP contribution in [-0.2, 0) is 4.79 Å². The average Bonchev–Trinajstić information content (AvgIpc) is 2.38. The predicted molar refractivity (Wildman–Crippen MR) is 78.5 cm³/mol. The fourth-order valence-electron chi connectivity index (χ4n) is 2.51. The lowest BCUT2D eigenvalue weighted by atomic mass is 9.84. The van der Waals surface area contributed by atoms with Gasteiger partial charge in [-0.25, -0.2) is 0 Å². The third-order valence-electron chi connectivity index (χ3n) is 3.66. The van der Waals surface area contributed by atoms with E-state index in [0.717, 1.165) is 25.7 Å². The highest BCUT2D eigenvalue weighted by Gasteiger charge is 2.28. The summed E-state index contributed by atoms with van der Waals surface area (Å²) in [5.74, 6) is -0.861. The van der Waals surface area contributed by atoms with Crippen LogP contribution in [0.25, 0.3) is 0 Å². The first-order chi connectivity index (χ1) is 9.49. The normalized spacial score (nSPS) is 22.3. The number of primary amides is 1. The van der Waals surface area contributed by atoms with Crippen molar-refractivity contribution >= 4 is 29.1 Å². The molecule has 2 atom stereocenters. The van der Waals surface area contributed by atoms with Crippen molar-refractivity contribution in [1.29, 1.82) is 0 Å². The van der Waals surface area contributed by atoms with Gasteiger partial charge in [0.1, 0.15) is 0 Å². The first-order valence-electron chi connectivity index (χ1n) is 6.65. The Balaban J connectivity index is 2.08. The molecule has 0 aromatic heterocycles. The number of halogens is 1. The van der Waals surface area contributed by atoms with Crippen LogP contribution in [0.2, 0.25) is 5.02 Å². The maximum absolute atomic E-state index is 12.2. The fourth-order valence-corrected chi connectivity index (χ4v) is 2.79. The van der Waals surface area contributed by atoms with E-state index in [1.54, 1.807) is 6.07 Å². The topological polar surface area (TPSA) is 98.2 Å². The highest BCUT2D eigenvalue weighted by Crippen LogP contribution is 2.26. The van der Waals surface area contributed by atoms with E-state index in [9.17, 15) is 9.59 Å². The fraction of sp³-hybridized carbons (Fsp3) is 0.429. The second-order valence-electron chi connectivity index (χ2n) is 5.10. The van der Waals surface area contributed by atoms with Gasteiger partial charge in [0.15, 0.2) is 0 Å². The van der Waals surface area contributed by atoms with Gasteiger partial charge < -0.3 is 16.8 Å². The molecule has 1 aliphatic carbocycles. The Morgan fingerprint density at radius 3 is 2.55 bits per heavy atom. The zero-order valence-electron chi connectivity index (χ0n) is 11.1. The van der Waals surface area contributed by atoms with Gasteiger partial charge in [-0.3, -0.25) is 9.59 Å². The molecule has 0 bridgehead atoms. The first-order valence-corrected chi connectivity index (χ1v) is 7.02. The van der Waals surface area contributed by atoms with Gasteiger partial charge in [-0.05, 0) is 31.0 Å². The van der Waals surface area contributed by atoms with E-state index in [0.29, 0.717) is 5.69 Å². The van der Waals surface area contributed by atoms with Crippen molar-refractivity contribution < 1.29 is 9.59 Å². The van der Waals surface area contributed by atoms with E-state index in [1.165, 1.54) is 12.1 Å². The summed E-state index contributed by atoms with van der Waals surface area (Å²) in [6.07, 6.45) is 3.77. The Hall–Kier alpha value is -1.59. The van der Waals surface area contributed by atoms with Crippen LogP contribution in [-0.4, -0.2) is 17.9 Å². The third-order valence-corrected chi connectivity index (χ3v) is 3.97. The van der Waals surface area contributed by atoms with Crippen LogP contribution in [0.1, 0.15) is 36.0 Å². The molecule has 6 heteroatoms. The molecule has 0 saturated heterocycles. The Kier molecular flexibility index (Phi) is 4.62. The molecule has 1 fully saturated rings. The summed E-state index contributed by atoms with van der Waals surface area (Å²) < 4.78 is 0. The summed E-state index contributed by atoms with van der Waals surface area (Å²) in [7, 11) is 0. The van der Waals surface area contributed by atoms with Gasteiger partial charge in [0, 0.05) is 11.7 Å². The van der Waals surface area contributed by atoms with Gasteiger partial charge in [-0.15, -0.1) is 0 Å². The monoisotopic (exact) mass is 295 g/mol. The second-order valence-corrected chi connectivity index (χ2v) is 5.51. The van der Waals surface area contributed by atoms with Crippen LogP contribution in [0.3, 0.4) is 0 Å². The number of nitrogens with one attached hydrogen (secondary N) is 1. The number of carbonyl (C=O) groups excluding carboxylic acids is 2. The van der Waals surface area contributed by atoms with E-state index in [2.05, 4.69) is 5.32 Å². The number of rotatable bonds is 3. The van der Waals surface area contributed by atoms with Crippen LogP contribution in [0.5, 0.6) is 0 Å². The van der Waals surface area contributed by atoms with Crippen molar-refractivity contribution in [2.75, 3.05) is 5.32 Å². The zero-order chi connectivity index (χ0) is 14.7. The molecule has 5 nitrogen and oxygen atoms in total. The van der Waals surface area contributed by atoms with Crippen molar-refractivity contribution in [2.24, 2.45) is 17.4 Å². The van der Waals surface area contributed by atoms with Crippen LogP contribution in [0.15, 0.2) is 18.2 Å². The maximum atomic E-state index is 12.2. The van der Waals surface area contributed by atoms with Gasteiger partial charge in [-0.2, -0.15) is 0 Å². The van der Waals surface area contributed by atoms with Gasteiger partial charge in [0.25, 0.3) is 0 Å². The van der Waals surface area contributed by atoms with Crippen LogP contribution in [0, 0.1) is 5.92 Å². The predicted octanol–water partition coefficient (Wildman–Crippen LogP) is 1.89. The van der Waals surface area contributed by atoms with E-state index in [1.807, 2.05) is 0 Å². The van der Waals surface area contributed by atoms with Gasteiger partial charge >= 0.3 is 0 Å². The lowest BCUT2D eigenvalue weighted by Gasteiger charge is -2.27. The minimum absolute atomic E-state index is 0.0934. The number of amides is 2. The molecule has 1 saturated carbocycles. The summed E-state index contributed by atoms with van der Waals surface area (Å²) >= 11 is 5.95. The summed E-state index contributed by atoms with van der Waals surface area (Å²) in [5, 5.41) is 3.02. The van der Waals surface area contributed by atoms with Crippen molar-refractivity contribution in [2.45, 2.75) is 31.7 Å². The third kappa shape index (κ3) is 3.29. The molecule has 1 aromatic rings.